The van der Waals surface area contributed by atoms with E-state index in [1.807, 2.05) is 0 Å². The highest BCUT2D eigenvalue weighted by Crippen LogP contribution is 2.55. The molecular weight excluding hydrogens is 369 g/mol. The lowest BCUT2D eigenvalue weighted by molar-refractivity contribution is -0.817. The van der Waals surface area contributed by atoms with Gasteiger partial charge in [-0.2, -0.15) is 4.67 Å². The Kier molecular flexibility index (Phi) is 11.5. The van der Waals surface area contributed by atoms with Gasteiger partial charge in [-0.25, -0.2) is 8.82 Å². The average molecular weight is 391 g/mol. The van der Waals surface area contributed by atoms with Crippen molar-refractivity contribution in [1.82, 2.24) is 4.67 Å². The molecule has 0 amide bonds. The molecule has 0 rings (SSSR count). The van der Waals surface area contributed by atoms with E-state index in [2.05, 4.69) is 0 Å². The molecule has 0 aliphatic carbocycles. The molecule has 0 radical (unpaired) electrons. The van der Waals surface area contributed by atoms with Crippen LogP contribution in [-0.2, 0) is 4.57 Å². The fraction of sp³-hybridized carbons (Fsp3) is 1.00. The molecule has 0 aliphatic heterocycles. The molecule has 0 aliphatic rings. The SMILES string of the molecule is O=P(O)(N(CCCl)CCCl)[N+](CCO)(CCCl)CCCl. The van der Waals surface area contributed by atoms with Crippen molar-refractivity contribution in [3.63, 3.8) is 0 Å². The van der Waals surface area contributed by atoms with Gasteiger partial charge in [0, 0.05) is 24.8 Å². The quantitative estimate of drug-likeness (QED) is 0.396. The predicted octanol–water partition coefficient (Wildman–Crippen LogP) is 2.15. The fourth-order valence-electron chi connectivity index (χ4n) is 2.06. The molecule has 2 N–H and O–H groups in total. The highest BCUT2D eigenvalue weighted by Gasteiger charge is 2.49. The number of alkyl halides is 4. The smallest absolute Gasteiger partial charge is 0.391 e. The van der Waals surface area contributed by atoms with Crippen molar-refractivity contribution in [2.24, 2.45) is 0 Å². The van der Waals surface area contributed by atoms with E-state index in [4.69, 9.17) is 46.4 Å². The second-order valence-electron chi connectivity index (χ2n) is 4.21. The molecule has 1 atom stereocenters. The number of quaternary nitrogens is 1. The van der Waals surface area contributed by atoms with Crippen molar-refractivity contribution in [3.05, 3.63) is 0 Å². The second kappa shape index (κ2) is 10.9. The Bertz CT molecular complexity index is 289. The van der Waals surface area contributed by atoms with Crippen LogP contribution in [-0.4, -0.2) is 81.8 Å². The summed E-state index contributed by atoms with van der Waals surface area (Å²) < 4.78 is 14.1. The molecule has 20 heavy (non-hydrogen) atoms. The maximum atomic E-state index is 13.0. The minimum atomic E-state index is -3.85. The van der Waals surface area contributed by atoms with E-state index in [0.29, 0.717) is 0 Å². The van der Waals surface area contributed by atoms with E-state index >= 15 is 0 Å². The molecule has 5 nitrogen and oxygen atoms in total. The largest absolute Gasteiger partial charge is 0.461 e. The Hall–Kier alpha value is 1.23. The maximum Gasteiger partial charge on any atom is 0.461 e. The van der Waals surface area contributed by atoms with Gasteiger partial charge >= 0.3 is 7.67 Å². The topological polar surface area (TPSA) is 60.8 Å². The zero-order chi connectivity index (χ0) is 15.6. The summed E-state index contributed by atoms with van der Waals surface area (Å²) in [5.41, 5.74) is 0. The van der Waals surface area contributed by atoms with Crippen molar-refractivity contribution < 1.29 is 18.8 Å². The highest BCUT2D eigenvalue weighted by molar-refractivity contribution is 7.49. The van der Waals surface area contributed by atoms with Crippen LogP contribution in [0.25, 0.3) is 0 Å². The Labute approximate surface area is 140 Å². The van der Waals surface area contributed by atoms with E-state index in [-0.39, 0.29) is 67.1 Å². The van der Waals surface area contributed by atoms with Gasteiger partial charge in [-0.05, 0) is 0 Å². The zero-order valence-corrected chi connectivity index (χ0v) is 15.1. The summed E-state index contributed by atoms with van der Waals surface area (Å²) in [5.74, 6) is 0.804. The number of aliphatic hydroxyl groups excluding tert-OH is 1. The lowest BCUT2D eigenvalue weighted by Crippen LogP contribution is -2.53. The van der Waals surface area contributed by atoms with Gasteiger partial charge in [-0.3, -0.25) is 4.89 Å². The first-order chi connectivity index (χ1) is 9.45. The van der Waals surface area contributed by atoms with Crippen molar-refractivity contribution in [1.29, 1.82) is 0 Å². The summed E-state index contributed by atoms with van der Waals surface area (Å²) in [5, 5.41) is 9.26. The molecule has 0 aromatic carbocycles. The van der Waals surface area contributed by atoms with Crippen LogP contribution in [0.2, 0.25) is 0 Å². The highest BCUT2D eigenvalue weighted by atomic mass is 35.5. The molecule has 0 spiro atoms. The molecule has 0 heterocycles. The Morgan fingerprint density at radius 3 is 1.65 bits per heavy atom. The molecule has 0 aromatic rings. The fourth-order valence-corrected chi connectivity index (χ4v) is 5.92. The number of hydrogen-bond acceptors (Lipinski definition) is 2. The molecule has 0 saturated heterocycles. The van der Waals surface area contributed by atoms with E-state index < -0.39 is 7.67 Å². The van der Waals surface area contributed by atoms with Gasteiger partial charge in [0.05, 0.1) is 31.5 Å². The van der Waals surface area contributed by atoms with Gasteiger partial charge < -0.3 is 5.11 Å². The van der Waals surface area contributed by atoms with Gasteiger partial charge in [0.1, 0.15) is 6.54 Å². The maximum absolute atomic E-state index is 13.0. The van der Waals surface area contributed by atoms with Gasteiger partial charge in [0.2, 0.25) is 0 Å². The Morgan fingerprint density at radius 1 is 0.900 bits per heavy atom. The van der Waals surface area contributed by atoms with Crippen LogP contribution in [0.4, 0.5) is 0 Å². The third-order valence-corrected chi connectivity index (χ3v) is 6.64. The number of rotatable bonds is 12. The average Bonchev–Trinajstić information content (AvgIpc) is 2.39. The summed E-state index contributed by atoms with van der Waals surface area (Å²) >= 11 is 22.9. The van der Waals surface area contributed by atoms with Crippen LogP contribution in [0.15, 0.2) is 0 Å². The number of aliphatic hydroxyl groups is 1. The zero-order valence-electron chi connectivity index (χ0n) is 11.2. The normalized spacial score (nSPS) is 15.6. The van der Waals surface area contributed by atoms with Gasteiger partial charge in [-0.15, -0.1) is 46.4 Å². The first kappa shape index (κ1) is 21.2. The van der Waals surface area contributed by atoms with Crippen LogP contribution < -0.4 is 0 Å². The van der Waals surface area contributed by atoms with Gasteiger partial charge in [0.15, 0.2) is 0 Å². The van der Waals surface area contributed by atoms with Crippen LogP contribution in [0.5, 0.6) is 0 Å². The number of hydrogen-bond donors (Lipinski definition) is 2. The summed E-state index contributed by atoms with van der Waals surface area (Å²) in [6.45, 7) is 0.825. The van der Waals surface area contributed by atoms with E-state index in [1.165, 1.54) is 4.67 Å². The standard InChI is InChI=1S/C10H21Cl4N2O3P/c11-1-5-15(6-2-12)20(18,19)16(7-3-13,8-4-14)9-10-17/h17H,1-10H2/p+1. The van der Waals surface area contributed by atoms with Crippen molar-refractivity contribution in [2.75, 3.05) is 62.9 Å². The molecule has 0 aromatic heterocycles. The third-order valence-electron chi connectivity index (χ3n) is 3.12. The van der Waals surface area contributed by atoms with E-state index in [0.717, 1.165) is 0 Å². The molecule has 122 valence electrons. The number of nitrogens with zero attached hydrogens (tertiary/aromatic N) is 2. The lowest BCUT2D eigenvalue weighted by atomic mass is 10.5. The van der Waals surface area contributed by atoms with Crippen LogP contribution >= 0.6 is 54.1 Å². The van der Waals surface area contributed by atoms with Crippen LogP contribution in [0.3, 0.4) is 0 Å². The van der Waals surface area contributed by atoms with Crippen molar-refractivity contribution in [3.8, 4) is 0 Å². The second-order valence-corrected chi connectivity index (χ2v) is 8.17. The minimum Gasteiger partial charge on any atom is -0.391 e. The summed E-state index contributed by atoms with van der Waals surface area (Å²) in [4.78, 5) is 10.6. The molecule has 0 bridgehead atoms. The molecule has 1 unspecified atom stereocenters. The summed E-state index contributed by atoms with van der Waals surface area (Å²) in [6, 6.07) is 0. The lowest BCUT2D eigenvalue weighted by Gasteiger charge is -2.43. The minimum absolute atomic E-state index is 0.105. The summed E-state index contributed by atoms with van der Waals surface area (Å²) in [7, 11) is -3.85. The molecule has 0 fully saturated rings. The Morgan fingerprint density at radius 2 is 1.35 bits per heavy atom. The molecular formula is C10H22Cl4N2O3P+. The summed E-state index contributed by atoms with van der Waals surface area (Å²) in [6.07, 6.45) is 0. The van der Waals surface area contributed by atoms with E-state index in [1.54, 1.807) is 0 Å². The third kappa shape index (κ3) is 5.45. The van der Waals surface area contributed by atoms with Gasteiger partial charge in [-0.1, -0.05) is 0 Å². The monoisotopic (exact) mass is 389 g/mol. The van der Waals surface area contributed by atoms with Crippen LogP contribution in [0.1, 0.15) is 0 Å². The van der Waals surface area contributed by atoms with Crippen molar-refractivity contribution >= 4 is 54.1 Å². The molecule has 0 saturated carbocycles. The van der Waals surface area contributed by atoms with Crippen LogP contribution in [0, 0.1) is 0 Å². The number of halogens is 4. The van der Waals surface area contributed by atoms with Gasteiger partial charge in [0.25, 0.3) is 0 Å². The van der Waals surface area contributed by atoms with Crippen molar-refractivity contribution in [2.45, 2.75) is 0 Å². The Balaban J connectivity index is 5.49. The molecule has 10 heteroatoms. The predicted molar refractivity (Wildman–Crippen MR) is 86.2 cm³/mol. The first-order valence-electron chi connectivity index (χ1n) is 6.25. The first-order valence-corrected chi connectivity index (χ1v) is 9.95. The van der Waals surface area contributed by atoms with E-state index in [9.17, 15) is 14.6 Å².